The van der Waals surface area contributed by atoms with Crippen LogP contribution >= 0.6 is 22.7 Å². The summed E-state index contributed by atoms with van der Waals surface area (Å²) < 4.78 is 2.36. The van der Waals surface area contributed by atoms with Crippen LogP contribution in [0.1, 0.15) is 41.9 Å². The lowest BCUT2D eigenvalue weighted by Gasteiger charge is -2.22. The number of aromatic nitrogens is 1. The number of carbonyl (C=O) groups is 1. The molecule has 0 radical (unpaired) electrons. The molecule has 1 aliphatic carbocycles. The van der Waals surface area contributed by atoms with Gasteiger partial charge in [0.2, 0.25) is 0 Å². The molecule has 2 aromatic rings. The van der Waals surface area contributed by atoms with Gasteiger partial charge in [0.25, 0.3) is 11.5 Å². The van der Waals surface area contributed by atoms with Crippen molar-refractivity contribution in [2.45, 2.75) is 51.6 Å². The lowest BCUT2D eigenvalue weighted by atomic mass is 9.95. The van der Waals surface area contributed by atoms with Crippen LogP contribution in [-0.4, -0.2) is 16.5 Å². The van der Waals surface area contributed by atoms with Gasteiger partial charge in [0.1, 0.15) is 10.7 Å². The van der Waals surface area contributed by atoms with Gasteiger partial charge in [0.05, 0.1) is 4.53 Å². The molecule has 7 heteroatoms. The number of hydrogen-bond donors (Lipinski definition) is 1. The molecule has 1 aliphatic rings. The van der Waals surface area contributed by atoms with Gasteiger partial charge in [-0.15, -0.1) is 29.3 Å². The zero-order valence-electron chi connectivity index (χ0n) is 15.9. The van der Waals surface area contributed by atoms with Gasteiger partial charge in [-0.1, -0.05) is 25.3 Å². The highest BCUT2D eigenvalue weighted by Crippen LogP contribution is 2.18. The fourth-order valence-electron chi connectivity index (χ4n) is 3.36. The Hall–Kier alpha value is -2.43. The molecule has 1 saturated carbocycles. The summed E-state index contributed by atoms with van der Waals surface area (Å²) >= 11 is 2.78. The third-order valence-corrected chi connectivity index (χ3v) is 6.82. The molecule has 0 bridgehead atoms. The lowest BCUT2D eigenvalue weighted by Crippen LogP contribution is -2.39. The predicted octanol–water partition coefficient (Wildman–Crippen LogP) is 2.42. The molecule has 5 nitrogen and oxygen atoms in total. The monoisotopic (exact) mass is 413 g/mol. The standard InChI is InChI=1S/C21H23N3O2S2/c1-3-11-24-20(26)18(12-16-10-9-14(2)27-16)28-21(24)17(13-22)19(25)23-15-7-5-4-6-8-15/h3,9-10,12,15H,1,4-8,11H2,2H3,(H,23,25)/b18-12+,21-17+. The quantitative estimate of drug-likeness (QED) is 0.765. The second-order valence-corrected chi connectivity index (χ2v) is 9.21. The molecule has 28 heavy (non-hydrogen) atoms. The van der Waals surface area contributed by atoms with Crippen molar-refractivity contribution in [1.82, 2.24) is 9.88 Å². The Labute approximate surface area is 171 Å². The first-order valence-corrected chi connectivity index (χ1v) is 11.0. The van der Waals surface area contributed by atoms with Crippen molar-refractivity contribution in [3.05, 3.63) is 54.1 Å². The van der Waals surface area contributed by atoms with Crippen LogP contribution in [0.25, 0.3) is 11.6 Å². The highest BCUT2D eigenvalue weighted by atomic mass is 32.1. The van der Waals surface area contributed by atoms with E-state index in [4.69, 9.17) is 0 Å². The molecule has 0 aliphatic heterocycles. The van der Waals surface area contributed by atoms with Crippen LogP contribution in [0.5, 0.6) is 0 Å². The van der Waals surface area contributed by atoms with Crippen LogP contribution in [0.3, 0.4) is 0 Å². The average molecular weight is 414 g/mol. The first kappa shape index (κ1) is 20.3. The van der Waals surface area contributed by atoms with E-state index in [-0.39, 0.29) is 23.7 Å². The summed E-state index contributed by atoms with van der Waals surface area (Å²) in [6, 6.07) is 6.08. The smallest absolute Gasteiger partial charge is 0.269 e. The van der Waals surface area contributed by atoms with E-state index in [1.54, 1.807) is 17.4 Å². The summed E-state index contributed by atoms with van der Waals surface area (Å²) in [5.74, 6) is -0.396. The predicted molar refractivity (Wildman–Crippen MR) is 115 cm³/mol. The van der Waals surface area contributed by atoms with E-state index in [0.717, 1.165) is 35.4 Å². The Bertz CT molecular complexity index is 1090. The van der Waals surface area contributed by atoms with E-state index in [0.29, 0.717) is 9.20 Å². The number of carbonyl (C=O) groups excluding carboxylic acids is 1. The molecule has 3 rings (SSSR count). The lowest BCUT2D eigenvalue weighted by molar-refractivity contribution is -0.116. The maximum Gasteiger partial charge on any atom is 0.269 e. The van der Waals surface area contributed by atoms with E-state index < -0.39 is 5.91 Å². The molecular formula is C21H23N3O2S2. The van der Waals surface area contributed by atoms with Gasteiger partial charge < -0.3 is 5.32 Å². The minimum Gasteiger partial charge on any atom is -0.349 e. The first-order valence-electron chi connectivity index (χ1n) is 9.37. The molecule has 2 heterocycles. The maximum absolute atomic E-state index is 12.9. The fraction of sp³-hybridized carbons (Fsp3) is 0.381. The Morgan fingerprint density at radius 3 is 2.71 bits per heavy atom. The van der Waals surface area contributed by atoms with E-state index in [2.05, 4.69) is 11.9 Å². The highest BCUT2D eigenvalue weighted by molar-refractivity contribution is 7.13. The second-order valence-electron chi connectivity index (χ2n) is 6.86. The molecule has 0 saturated heterocycles. The summed E-state index contributed by atoms with van der Waals surface area (Å²) in [5, 5.41) is 12.7. The van der Waals surface area contributed by atoms with E-state index >= 15 is 0 Å². The summed E-state index contributed by atoms with van der Waals surface area (Å²) in [6.07, 6.45) is 8.66. The van der Waals surface area contributed by atoms with Gasteiger partial charge in [-0.2, -0.15) is 5.26 Å². The van der Waals surface area contributed by atoms with Crippen molar-refractivity contribution in [1.29, 1.82) is 5.26 Å². The molecule has 2 aromatic heterocycles. The number of nitrogens with zero attached hydrogens (tertiary/aromatic N) is 2. The van der Waals surface area contributed by atoms with Crippen molar-refractivity contribution in [2.75, 3.05) is 0 Å². The Morgan fingerprint density at radius 2 is 2.11 bits per heavy atom. The number of hydrogen-bond acceptors (Lipinski definition) is 5. The van der Waals surface area contributed by atoms with E-state index in [9.17, 15) is 14.9 Å². The van der Waals surface area contributed by atoms with Gasteiger partial charge in [0, 0.05) is 22.3 Å². The highest BCUT2D eigenvalue weighted by Gasteiger charge is 2.20. The Kier molecular flexibility index (Phi) is 6.65. The summed E-state index contributed by atoms with van der Waals surface area (Å²) in [4.78, 5) is 27.8. The summed E-state index contributed by atoms with van der Waals surface area (Å²) in [7, 11) is 0. The van der Waals surface area contributed by atoms with Crippen molar-refractivity contribution in [3.8, 4) is 6.07 Å². The zero-order valence-corrected chi connectivity index (χ0v) is 17.5. The van der Waals surface area contributed by atoms with Crippen molar-refractivity contribution in [3.63, 3.8) is 0 Å². The Morgan fingerprint density at radius 1 is 1.36 bits per heavy atom. The summed E-state index contributed by atoms with van der Waals surface area (Å²) in [5.41, 5.74) is -0.208. The number of aryl methyl sites for hydroxylation is 1. The van der Waals surface area contributed by atoms with E-state index in [1.807, 2.05) is 31.2 Å². The van der Waals surface area contributed by atoms with Gasteiger partial charge in [0.15, 0.2) is 5.57 Å². The minimum atomic E-state index is -0.396. The largest absolute Gasteiger partial charge is 0.349 e. The maximum atomic E-state index is 12.9. The number of rotatable bonds is 5. The number of thiazole rings is 1. The van der Waals surface area contributed by atoms with Crippen LogP contribution in [-0.2, 0) is 11.3 Å². The number of nitrogens with one attached hydrogen (secondary N) is 1. The van der Waals surface area contributed by atoms with Crippen LogP contribution in [0.2, 0.25) is 0 Å². The fourth-order valence-corrected chi connectivity index (χ4v) is 5.36. The normalized spacial score (nSPS) is 16.5. The summed E-state index contributed by atoms with van der Waals surface area (Å²) in [6.45, 7) is 5.97. The molecule has 0 atom stereocenters. The minimum absolute atomic E-state index is 0.00321. The topological polar surface area (TPSA) is 74.9 Å². The average Bonchev–Trinajstić information content (AvgIpc) is 3.22. The molecule has 0 aromatic carbocycles. The third-order valence-electron chi connectivity index (χ3n) is 4.75. The molecule has 1 N–H and O–H groups in total. The molecule has 0 spiro atoms. The van der Waals surface area contributed by atoms with Gasteiger partial charge in [-0.3, -0.25) is 14.2 Å². The number of amides is 1. The second kappa shape index (κ2) is 9.18. The van der Waals surface area contributed by atoms with Crippen LogP contribution in [0.4, 0.5) is 0 Å². The van der Waals surface area contributed by atoms with Crippen molar-refractivity contribution < 1.29 is 4.79 Å². The number of thiophene rings is 1. The first-order chi connectivity index (χ1) is 13.5. The zero-order chi connectivity index (χ0) is 20.1. The van der Waals surface area contributed by atoms with Crippen molar-refractivity contribution in [2.24, 2.45) is 0 Å². The van der Waals surface area contributed by atoms with Gasteiger partial charge >= 0.3 is 0 Å². The molecule has 1 fully saturated rings. The third kappa shape index (κ3) is 4.51. The Balaban J connectivity index is 2.09. The SMILES string of the molecule is C=CCn1c(=O)/c(=C\c2ccc(C)s2)s/c1=C(\C#N)C(=O)NC1CCCCC1. The van der Waals surface area contributed by atoms with Crippen LogP contribution in [0.15, 0.2) is 29.6 Å². The van der Waals surface area contributed by atoms with Crippen LogP contribution < -0.4 is 20.1 Å². The van der Waals surface area contributed by atoms with Crippen molar-refractivity contribution >= 4 is 40.2 Å². The van der Waals surface area contributed by atoms with E-state index in [1.165, 1.54) is 22.3 Å². The van der Waals surface area contributed by atoms with Gasteiger partial charge in [-0.05, 0) is 38.0 Å². The molecular weight excluding hydrogens is 390 g/mol. The number of nitriles is 1. The van der Waals surface area contributed by atoms with Crippen LogP contribution in [0, 0.1) is 18.3 Å². The molecule has 1 amide bonds. The molecule has 146 valence electrons. The number of allylic oxidation sites excluding steroid dienone is 1. The van der Waals surface area contributed by atoms with Gasteiger partial charge in [-0.25, -0.2) is 0 Å². The molecule has 0 unspecified atom stereocenters.